The number of benzene rings is 1. The van der Waals surface area contributed by atoms with E-state index in [0.717, 1.165) is 17.0 Å². The minimum absolute atomic E-state index is 0.765. The Morgan fingerprint density at radius 3 is 2.88 bits per heavy atom. The summed E-state index contributed by atoms with van der Waals surface area (Å²) in [5.74, 6) is 0.857. The molecule has 78 valence electrons. The molecular formula is C12H10N4. The molecule has 0 fully saturated rings. The van der Waals surface area contributed by atoms with Gasteiger partial charge in [-0.3, -0.25) is 9.38 Å². The SMILES string of the molecule is Cc1ccccc1-c1nnc2cnccn12. The monoisotopic (exact) mass is 210 g/mol. The maximum atomic E-state index is 4.20. The Hall–Kier alpha value is -2.23. The fraction of sp³-hybridized carbons (Fsp3) is 0.0833. The van der Waals surface area contributed by atoms with E-state index in [4.69, 9.17) is 0 Å². The van der Waals surface area contributed by atoms with Gasteiger partial charge in [0.1, 0.15) is 0 Å². The molecular weight excluding hydrogens is 200 g/mol. The van der Waals surface area contributed by atoms with Crippen molar-refractivity contribution in [1.29, 1.82) is 0 Å². The predicted molar refractivity (Wildman–Crippen MR) is 61.0 cm³/mol. The molecule has 0 radical (unpaired) electrons. The van der Waals surface area contributed by atoms with Gasteiger partial charge in [-0.2, -0.15) is 0 Å². The van der Waals surface area contributed by atoms with Crippen molar-refractivity contribution in [3.05, 3.63) is 48.4 Å². The number of fused-ring (bicyclic) bond motifs is 1. The number of hydrogen-bond acceptors (Lipinski definition) is 3. The smallest absolute Gasteiger partial charge is 0.179 e. The van der Waals surface area contributed by atoms with Crippen LogP contribution < -0.4 is 0 Å². The highest BCUT2D eigenvalue weighted by atomic mass is 15.2. The molecule has 0 saturated carbocycles. The van der Waals surface area contributed by atoms with Gasteiger partial charge in [0.25, 0.3) is 0 Å². The van der Waals surface area contributed by atoms with Gasteiger partial charge in [-0.25, -0.2) is 0 Å². The van der Waals surface area contributed by atoms with Crippen LogP contribution in [0.4, 0.5) is 0 Å². The van der Waals surface area contributed by atoms with E-state index < -0.39 is 0 Å². The average Bonchev–Trinajstić information content (AvgIpc) is 2.74. The molecule has 16 heavy (non-hydrogen) atoms. The van der Waals surface area contributed by atoms with Gasteiger partial charge in [0, 0.05) is 18.0 Å². The summed E-state index contributed by atoms with van der Waals surface area (Å²) in [4.78, 5) is 4.02. The molecule has 0 aliphatic rings. The number of hydrogen-bond donors (Lipinski definition) is 0. The van der Waals surface area contributed by atoms with Crippen LogP contribution in [0.5, 0.6) is 0 Å². The average molecular weight is 210 g/mol. The molecule has 0 amide bonds. The van der Waals surface area contributed by atoms with Crippen molar-refractivity contribution in [3.63, 3.8) is 0 Å². The van der Waals surface area contributed by atoms with Crippen LogP contribution in [0.25, 0.3) is 17.0 Å². The van der Waals surface area contributed by atoms with E-state index in [2.05, 4.69) is 28.2 Å². The Morgan fingerprint density at radius 2 is 2.00 bits per heavy atom. The molecule has 3 rings (SSSR count). The predicted octanol–water partition coefficient (Wildman–Crippen LogP) is 2.10. The third-order valence-electron chi connectivity index (χ3n) is 2.60. The van der Waals surface area contributed by atoms with Crippen LogP contribution in [-0.2, 0) is 0 Å². The standard InChI is InChI=1S/C12H10N4/c1-9-4-2-3-5-10(9)12-15-14-11-8-13-6-7-16(11)12/h2-8H,1H3. The first-order chi connectivity index (χ1) is 7.86. The Balaban J connectivity index is 2.31. The number of aryl methyl sites for hydroxylation is 1. The van der Waals surface area contributed by atoms with Crippen molar-refractivity contribution in [2.75, 3.05) is 0 Å². The first kappa shape index (κ1) is 9.03. The lowest BCUT2D eigenvalue weighted by Crippen LogP contribution is -1.91. The third-order valence-corrected chi connectivity index (χ3v) is 2.60. The largest absolute Gasteiger partial charge is 0.280 e. The lowest BCUT2D eigenvalue weighted by molar-refractivity contribution is 1.10. The second kappa shape index (κ2) is 3.41. The van der Waals surface area contributed by atoms with Crippen molar-refractivity contribution in [3.8, 4) is 11.4 Å². The molecule has 0 aliphatic carbocycles. The molecule has 4 nitrogen and oxygen atoms in total. The Labute approximate surface area is 92.6 Å². The second-order valence-corrected chi connectivity index (χ2v) is 3.64. The van der Waals surface area contributed by atoms with Gasteiger partial charge in [0.2, 0.25) is 0 Å². The van der Waals surface area contributed by atoms with Crippen molar-refractivity contribution in [2.45, 2.75) is 6.92 Å². The van der Waals surface area contributed by atoms with Gasteiger partial charge in [-0.1, -0.05) is 24.3 Å². The summed E-state index contributed by atoms with van der Waals surface area (Å²) in [6, 6.07) is 8.14. The van der Waals surface area contributed by atoms with E-state index in [0.29, 0.717) is 0 Å². The first-order valence-electron chi connectivity index (χ1n) is 5.07. The summed E-state index contributed by atoms with van der Waals surface area (Å²) in [7, 11) is 0. The van der Waals surface area contributed by atoms with Gasteiger partial charge < -0.3 is 0 Å². The van der Waals surface area contributed by atoms with Crippen molar-refractivity contribution in [2.24, 2.45) is 0 Å². The molecule has 4 heteroatoms. The summed E-state index contributed by atoms with van der Waals surface area (Å²) in [6.45, 7) is 2.07. The van der Waals surface area contributed by atoms with Gasteiger partial charge in [-0.05, 0) is 12.5 Å². The van der Waals surface area contributed by atoms with E-state index >= 15 is 0 Å². The molecule has 0 bridgehead atoms. The molecule has 0 atom stereocenters. The molecule has 0 N–H and O–H groups in total. The fourth-order valence-corrected chi connectivity index (χ4v) is 1.76. The zero-order valence-electron chi connectivity index (χ0n) is 8.83. The minimum atomic E-state index is 0.765. The van der Waals surface area contributed by atoms with E-state index in [1.165, 1.54) is 5.56 Å². The van der Waals surface area contributed by atoms with Gasteiger partial charge in [-0.15, -0.1) is 10.2 Å². The lowest BCUT2D eigenvalue weighted by atomic mass is 10.1. The van der Waals surface area contributed by atoms with Gasteiger partial charge in [0.15, 0.2) is 11.5 Å². The van der Waals surface area contributed by atoms with Crippen LogP contribution in [0.2, 0.25) is 0 Å². The maximum Gasteiger partial charge on any atom is 0.179 e. The highest BCUT2D eigenvalue weighted by Crippen LogP contribution is 2.21. The molecule has 2 heterocycles. The normalized spacial score (nSPS) is 10.8. The van der Waals surface area contributed by atoms with Gasteiger partial charge in [0.05, 0.1) is 6.20 Å². The zero-order valence-corrected chi connectivity index (χ0v) is 8.83. The molecule has 0 unspecified atom stereocenters. The summed E-state index contributed by atoms with van der Waals surface area (Å²) < 4.78 is 1.94. The maximum absolute atomic E-state index is 4.20. The lowest BCUT2D eigenvalue weighted by Gasteiger charge is -2.02. The summed E-state index contributed by atoms with van der Waals surface area (Å²) in [5, 5.41) is 8.29. The molecule has 3 aromatic rings. The third kappa shape index (κ3) is 1.27. The molecule has 0 aliphatic heterocycles. The van der Waals surface area contributed by atoms with Crippen LogP contribution in [0.3, 0.4) is 0 Å². The Kier molecular flexibility index (Phi) is 1.93. The van der Waals surface area contributed by atoms with Crippen LogP contribution in [-0.4, -0.2) is 19.6 Å². The van der Waals surface area contributed by atoms with E-state index in [1.54, 1.807) is 12.4 Å². The van der Waals surface area contributed by atoms with Crippen molar-refractivity contribution >= 4 is 5.65 Å². The van der Waals surface area contributed by atoms with Crippen molar-refractivity contribution < 1.29 is 0 Å². The van der Waals surface area contributed by atoms with Crippen LogP contribution in [0, 0.1) is 6.92 Å². The van der Waals surface area contributed by atoms with E-state index in [9.17, 15) is 0 Å². The number of nitrogens with zero attached hydrogens (tertiary/aromatic N) is 4. The molecule has 2 aromatic heterocycles. The zero-order chi connectivity index (χ0) is 11.0. The highest BCUT2D eigenvalue weighted by molar-refractivity contribution is 5.62. The van der Waals surface area contributed by atoms with E-state index in [1.807, 2.05) is 28.8 Å². The quantitative estimate of drug-likeness (QED) is 0.617. The second-order valence-electron chi connectivity index (χ2n) is 3.64. The number of aromatic nitrogens is 4. The Bertz CT molecular complexity index is 642. The van der Waals surface area contributed by atoms with E-state index in [-0.39, 0.29) is 0 Å². The Morgan fingerprint density at radius 1 is 1.12 bits per heavy atom. The molecule has 1 aromatic carbocycles. The van der Waals surface area contributed by atoms with Crippen LogP contribution >= 0.6 is 0 Å². The minimum Gasteiger partial charge on any atom is -0.280 e. The number of rotatable bonds is 1. The van der Waals surface area contributed by atoms with Gasteiger partial charge >= 0.3 is 0 Å². The van der Waals surface area contributed by atoms with Crippen molar-refractivity contribution in [1.82, 2.24) is 19.6 Å². The van der Waals surface area contributed by atoms with Crippen LogP contribution in [0.1, 0.15) is 5.56 Å². The first-order valence-corrected chi connectivity index (χ1v) is 5.07. The summed E-state index contributed by atoms with van der Waals surface area (Å²) in [5.41, 5.74) is 3.05. The molecule has 0 spiro atoms. The highest BCUT2D eigenvalue weighted by Gasteiger charge is 2.08. The fourth-order valence-electron chi connectivity index (χ4n) is 1.76. The summed E-state index contributed by atoms with van der Waals surface area (Å²) in [6.07, 6.45) is 5.31. The molecule has 0 saturated heterocycles. The topological polar surface area (TPSA) is 43.1 Å². The van der Waals surface area contributed by atoms with Crippen LogP contribution in [0.15, 0.2) is 42.9 Å². The summed E-state index contributed by atoms with van der Waals surface area (Å²) >= 11 is 0.